The third kappa shape index (κ3) is 2.53. The summed E-state index contributed by atoms with van der Waals surface area (Å²) in [5, 5.41) is 1.31. The van der Waals surface area contributed by atoms with E-state index in [0.717, 1.165) is 13.0 Å². The molecule has 0 saturated carbocycles. The van der Waals surface area contributed by atoms with Crippen molar-refractivity contribution in [3.63, 3.8) is 0 Å². The molecule has 1 aliphatic heterocycles. The minimum absolute atomic E-state index is 0.204. The Labute approximate surface area is 114 Å². The van der Waals surface area contributed by atoms with E-state index in [1.54, 1.807) is 0 Å². The number of aromatic nitrogens is 1. The fourth-order valence-corrected chi connectivity index (χ4v) is 2.82. The van der Waals surface area contributed by atoms with E-state index in [1.165, 1.54) is 16.6 Å². The summed E-state index contributed by atoms with van der Waals surface area (Å²) in [4.78, 5) is 0. The fraction of sp³-hybridized carbons (Fsp3) is 0.500. The first kappa shape index (κ1) is 12.7. The van der Waals surface area contributed by atoms with Gasteiger partial charge >= 0.3 is 0 Å². The van der Waals surface area contributed by atoms with Gasteiger partial charge in [0, 0.05) is 17.8 Å². The maximum atomic E-state index is 5.86. The second-order valence-electron chi connectivity index (χ2n) is 5.74. The summed E-state index contributed by atoms with van der Waals surface area (Å²) in [6, 6.07) is 10.8. The van der Waals surface area contributed by atoms with Gasteiger partial charge in [-0.1, -0.05) is 18.2 Å². The average molecular weight is 259 g/mol. The molecule has 1 aromatic carbocycles. The van der Waals surface area contributed by atoms with E-state index in [1.807, 2.05) is 13.8 Å². The molecule has 3 heteroatoms. The van der Waals surface area contributed by atoms with Gasteiger partial charge < -0.3 is 14.0 Å². The average Bonchev–Trinajstić information content (AvgIpc) is 2.86. The molecule has 1 aromatic heterocycles. The van der Waals surface area contributed by atoms with Gasteiger partial charge in [-0.2, -0.15) is 0 Å². The molecule has 1 fully saturated rings. The van der Waals surface area contributed by atoms with Crippen molar-refractivity contribution < 1.29 is 9.47 Å². The van der Waals surface area contributed by atoms with Crippen molar-refractivity contribution in [2.45, 2.75) is 45.6 Å². The van der Waals surface area contributed by atoms with Crippen LogP contribution in [-0.4, -0.2) is 23.1 Å². The van der Waals surface area contributed by atoms with Crippen LogP contribution in [0.3, 0.4) is 0 Å². The number of para-hydroxylation sites is 1. The molecule has 1 atom stereocenters. The normalized spacial score (nSPS) is 22.2. The zero-order valence-electron chi connectivity index (χ0n) is 11.8. The van der Waals surface area contributed by atoms with Crippen LogP contribution in [0.5, 0.6) is 0 Å². The van der Waals surface area contributed by atoms with Gasteiger partial charge in [-0.3, -0.25) is 0 Å². The van der Waals surface area contributed by atoms with E-state index in [9.17, 15) is 0 Å². The minimum Gasteiger partial charge on any atom is -0.348 e. The van der Waals surface area contributed by atoms with Crippen molar-refractivity contribution in [2.24, 2.45) is 0 Å². The van der Waals surface area contributed by atoms with Crippen LogP contribution >= 0.6 is 0 Å². The van der Waals surface area contributed by atoms with Crippen molar-refractivity contribution in [2.75, 3.05) is 6.61 Å². The van der Waals surface area contributed by atoms with Crippen molar-refractivity contribution in [1.82, 2.24) is 4.57 Å². The highest BCUT2D eigenvalue weighted by Gasteiger charge is 2.32. The van der Waals surface area contributed by atoms with E-state index < -0.39 is 5.79 Å². The summed E-state index contributed by atoms with van der Waals surface area (Å²) in [6.45, 7) is 7.79. The Hall–Kier alpha value is -1.32. The van der Waals surface area contributed by atoms with E-state index in [4.69, 9.17) is 9.47 Å². The summed E-state index contributed by atoms with van der Waals surface area (Å²) in [5.74, 6) is -0.418. The maximum Gasteiger partial charge on any atom is 0.163 e. The summed E-state index contributed by atoms with van der Waals surface area (Å²) in [7, 11) is 0. The lowest BCUT2D eigenvalue weighted by Gasteiger charge is -2.17. The summed E-state index contributed by atoms with van der Waals surface area (Å²) >= 11 is 0. The fourth-order valence-electron chi connectivity index (χ4n) is 2.82. The Kier molecular flexibility index (Phi) is 3.11. The van der Waals surface area contributed by atoms with Gasteiger partial charge in [0.2, 0.25) is 0 Å². The number of fused-ring (bicyclic) bond motifs is 1. The van der Waals surface area contributed by atoms with Crippen LogP contribution in [0, 0.1) is 6.92 Å². The first-order valence-electron chi connectivity index (χ1n) is 6.92. The molecule has 3 nitrogen and oxygen atoms in total. The van der Waals surface area contributed by atoms with Crippen LogP contribution < -0.4 is 0 Å². The molecular formula is C16H21NO2. The number of ether oxygens (including phenoxy) is 2. The summed E-state index contributed by atoms with van der Waals surface area (Å²) in [6.07, 6.45) is 1.19. The first-order chi connectivity index (χ1) is 9.05. The standard InChI is InChI=1S/C16H21NO2/c1-12-10-13-6-4-5-7-15(13)17(12)9-8-14-11-18-16(2,3)19-14/h4-7,10,14H,8-9,11H2,1-3H3/t14-/m0/s1. The van der Waals surface area contributed by atoms with E-state index in [-0.39, 0.29) is 6.10 Å². The van der Waals surface area contributed by atoms with Crippen molar-refractivity contribution in [1.29, 1.82) is 0 Å². The molecule has 0 bridgehead atoms. The number of aryl methyl sites for hydroxylation is 2. The third-order valence-electron chi connectivity index (χ3n) is 3.76. The Morgan fingerprint density at radius 2 is 2.11 bits per heavy atom. The molecule has 1 aliphatic rings. The number of hydrogen-bond donors (Lipinski definition) is 0. The van der Waals surface area contributed by atoms with Crippen LogP contribution in [0.4, 0.5) is 0 Å². The third-order valence-corrected chi connectivity index (χ3v) is 3.76. The topological polar surface area (TPSA) is 23.4 Å². The lowest BCUT2D eigenvalue weighted by Crippen LogP contribution is -2.22. The predicted molar refractivity (Wildman–Crippen MR) is 76.2 cm³/mol. The molecule has 102 valence electrons. The molecule has 0 radical (unpaired) electrons. The lowest BCUT2D eigenvalue weighted by atomic mass is 10.2. The van der Waals surface area contributed by atoms with E-state index >= 15 is 0 Å². The maximum absolute atomic E-state index is 5.86. The summed E-state index contributed by atoms with van der Waals surface area (Å²) in [5.41, 5.74) is 2.61. The number of hydrogen-bond acceptors (Lipinski definition) is 2. The Balaban J connectivity index is 1.74. The van der Waals surface area contributed by atoms with Crippen LogP contribution in [0.2, 0.25) is 0 Å². The molecule has 0 spiro atoms. The molecule has 0 unspecified atom stereocenters. The monoisotopic (exact) mass is 259 g/mol. The first-order valence-corrected chi connectivity index (χ1v) is 6.92. The number of nitrogens with zero attached hydrogens (tertiary/aromatic N) is 1. The second kappa shape index (κ2) is 4.66. The van der Waals surface area contributed by atoms with E-state index in [2.05, 4.69) is 41.8 Å². The molecular weight excluding hydrogens is 238 g/mol. The molecule has 1 saturated heterocycles. The molecule has 3 rings (SSSR count). The van der Waals surface area contributed by atoms with Crippen LogP contribution in [0.25, 0.3) is 10.9 Å². The molecule has 19 heavy (non-hydrogen) atoms. The van der Waals surface area contributed by atoms with Crippen molar-refractivity contribution >= 4 is 10.9 Å². The molecule has 2 heterocycles. The van der Waals surface area contributed by atoms with Gasteiger partial charge in [-0.05, 0) is 44.7 Å². The highest BCUT2D eigenvalue weighted by atomic mass is 16.7. The SMILES string of the molecule is Cc1cc2ccccc2n1CC[C@H]1COC(C)(C)O1. The predicted octanol–water partition coefficient (Wildman–Crippen LogP) is 3.49. The van der Waals surface area contributed by atoms with Gasteiger partial charge in [0.15, 0.2) is 5.79 Å². The Bertz CT molecular complexity index is 585. The molecule has 0 aliphatic carbocycles. The van der Waals surface area contributed by atoms with Gasteiger partial charge in [0.1, 0.15) is 0 Å². The van der Waals surface area contributed by atoms with Crippen LogP contribution in [0.15, 0.2) is 30.3 Å². The number of rotatable bonds is 3. The van der Waals surface area contributed by atoms with Gasteiger partial charge in [-0.15, -0.1) is 0 Å². The molecule has 0 amide bonds. The van der Waals surface area contributed by atoms with Gasteiger partial charge in [0.05, 0.1) is 12.7 Å². The largest absolute Gasteiger partial charge is 0.348 e. The minimum atomic E-state index is -0.418. The number of benzene rings is 1. The summed E-state index contributed by atoms with van der Waals surface area (Å²) < 4.78 is 13.8. The van der Waals surface area contributed by atoms with Gasteiger partial charge in [0.25, 0.3) is 0 Å². The highest BCUT2D eigenvalue weighted by Crippen LogP contribution is 2.26. The zero-order valence-corrected chi connectivity index (χ0v) is 11.8. The van der Waals surface area contributed by atoms with Crippen molar-refractivity contribution in [3.05, 3.63) is 36.0 Å². The second-order valence-corrected chi connectivity index (χ2v) is 5.74. The van der Waals surface area contributed by atoms with Gasteiger partial charge in [-0.25, -0.2) is 0 Å². The zero-order chi connectivity index (χ0) is 13.5. The Morgan fingerprint density at radius 3 is 2.84 bits per heavy atom. The lowest BCUT2D eigenvalue weighted by molar-refractivity contribution is -0.139. The van der Waals surface area contributed by atoms with Crippen molar-refractivity contribution in [3.8, 4) is 0 Å². The van der Waals surface area contributed by atoms with E-state index in [0.29, 0.717) is 6.61 Å². The highest BCUT2D eigenvalue weighted by molar-refractivity contribution is 5.81. The quantitative estimate of drug-likeness (QED) is 0.842. The van der Waals surface area contributed by atoms with Crippen LogP contribution in [-0.2, 0) is 16.0 Å². The molecule has 0 N–H and O–H groups in total. The van der Waals surface area contributed by atoms with Crippen LogP contribution in [0.1, 0.15) is 26.0 Å². The smallest absolute Gasteiger partial charge is 0.163 e. The Morgan fingerprint density at radius 1 is 1.32 bits per heavy atom. The molecule has 2 aromatic rings.